The van der Waals surface area contributed by atoms with Crippen LogP contribution in [0.4, 0.5) is 0 Å². The van der Waals surface area contributed by atoms with E-state index in [4.69, 9.17) is 4.74 Å². The van der Waals surface area contributed by atoms with Gasteiger partial charge in [-0.3, -0.25) is 4.68 Å². The first kappa shape index (κ1) is 8.44. The van der Waals surface area contributed by atoms with Crippen LogP contribution in [0.25, 0.3) is 0 Å². The fourth-order valence-electron chi connectivity index (χ4n) is 2.18. The van der Waals surface area contributed by atoms with Gasteiger partial charge in [-0.15, -0.1) is 0 Å². The van der Waals surface area contributed by atoms with Gasteiger partial charge in [-0.2, -0.15) is 5.10 Å². The van der Waals surface area contributed by atoms with Crippen LogP contribution in [0.2, 0.25) is 0 Å². The summed E-state index contributed by atoms with van der Waals surface area (Å²) in [6.45, 7) is 4.74. The lowest BCUT2D eigenvalue weighted by Gasteiger charge is -2.13. The lowest BCUT2D eigenvalue weighted by molar-refractivity contribution is 0.193. The van der Waals surface area contributed by atoms with Crippen LogP contribution in [0.3, 0.4) is 0 Å². The molecule has 1 N–H and O–H groups in total. The van der Waals surface area contributed by atoms with Crippen LogP contribution >= 0.6 is 0 Å². The van der Waals surface area contributed by atoms with Crippen molar-refractivity contribution in [2.75, 3.05) is 19.8 Å². The van der Waals surface area contributed by atoms with Crippen molar-refractivity contribution in [1.29, 1.82) is 0 Å². The topological polar surface area (TPSA) is 39.1 Å². The smallest absolute Gasteiger partial charge is 0.0682 e. The Labute approximate surface area is 83.2 Å². The van der Waals surface area contributed by atoms with Crippen molar-refractivity contribution in [2.24, 2.45) is 0 Å². The predicted octanol–water partition coefficient (Wildman–Crippen LogP) is 0.490. The largest absolute Gasteiger partial charge is 0.381 e. The summed E-state index contributed by atoms with van der Waals surface area (Å²) in [5.74, 6) is 0.535. The molecule has 1 saturated heterocycles. The lowest BCUT2D eigenvalue weighted by atomic mass is 10.1. The minimum Gasteiger partial charge on any atom is -0.381 e. The Morgan fingerprint density at radius 1 is 1.57 bits per heavy atom. The SMILES string of the molecule is c1c([C@@H]2CCOC2)nn2c1CNCC2. The summed E-state index contributed by atoms with van der Waals surface area (Å²) in [6.07, 6.45) is 1.13. The molecule has 2 aliphatic rings. The van der Waals surface area contributed by atoms with Crippen molar-refractivity contribution < 1.29 is 4.74 Å². The molecule has 14 heavy (non-hydrogen) atoms. The van der Waals surface area contributed by atoms with Crippen LogP contribution in [0.1, 0.15) is 23.7 Å². The summed E-state index contributed by atoms with van der Waals surface area (Å²) in [5.41, 5.74) is 2.54. The van der Waals surface area contributed by atoms with Crippen molar-refractivity contribution in [1.82, 2.24) is 15.1 Å². The van der Waals surface area contributed by atoms with Crippen LogP contribution < -0.4 is 5.32 Å². The van der Waals surface area contributed by atoms with Crippen LogP contribution in [0, 0.1) is 0 Å². The fraction of sp³-hybridized carbons (Fsp3) is 0.700. The van der Waals surface area contributed by atoms with Gasteiger partial charge in [-0.25, -0.2) is 0 Å². The summed E-state index contributed by atoms with van der Waals surface area (Å²) < 4.78 is 7.51. The van der Waals surface area contributed by atoms with Gasteiger partial charge in [-0.1, -0.05) is 0 Å². The quantitative estimate of drug-likeness (QED) is 0.705. The molecule has 0 unspecified atom stereocenters. The summed E-state index contributed by atoms with van der Waals surface area (Å²) in [5, 5.41) is 7.98. The maximum atomic E-state index is 5.38. The van der Waals surface area contributed by atoms with Crippen LogP contribution in [0.15, 0.2) is 6.07 Å². The zero-order chi connectivity index (χ0) is 9.38. The van der Waals surface area contributed by atoms with Gasteiger partial charge in [0.05, 0.1) is 24.5 Å². The van der Waals surface area contributed by atoms with Gasteiger partial charge in [0, 0.05) is 25.6 Å². The molecule has 1 aromatic rings. The minimum absolute atomic E-state index is 0.535. The number of aromatic nitrogens is 2. The average Bonchev–Trinajstić information content (AvgIpc) is 2.86. The van der Waals surface area contributed by atoms with E-state index in [0.717, 1.165) is 39.3 Å². The lowest BCUT2D eigenvalue weighted by Crippen LogP contribution is -2.28. The molecule has 1 atom stereocenters. The maximum Gasteiger partial charge on any atom is 0.0682 e. The number of nitrogens with one attached hydrogen (secondary N) is 1. The molecular weight excluding hydrogens is 178 g/mol. The maximum absolute atomic E-state index is 5.38. The molecule has 0 aliphatic carbocycles. The van der Waals surface area contributed by atoms with E-state index >= 15 is 0 Å². The molecule has 4 nitrogen and oxygen atoms in total. The van der Waals surface area contributed by atoms with Crippen molar-refractivity contribution in [2.45, 2.75) is 25.4 Å². The third-order valence-corrected chi connectivity index (χ3v) is 3.04. The van der Waals surface area contributed by atoms with E-state index in [1.165, 1.54) is 11.4 Å². The molecule has 2 aliphatic heterocycles. The first-order valence-electron chi connectivity index (χ1n) is 5.28. The highest BCUT2D eigenvalue weighted by Crippen LogP contribution is 2.25. The molecule has 1 fully saturated rings. The van der Waals surface area contributed by atoms with E-state index in [9.17, 15) is 0 Å². The molecule has 0 bridgehead atoms. The fourth-order valence-corrected chi connectivity index (χ4v) is 2.18. The van der Waals surface area contributed by atoms with Gasteiger partial charge in [0.1, 0.15) is 0 Å². The standard InChI is InChI=1S/C10H15N3O/c1-4-14-7-8(1)10-5-9-6-11-2-3-13(9)12-10/h5,8,11H,1-4,6-7H2/t8-/m1/s1. The summed E-state index contributed by atoms with van der Waals surface area (Å²) in [4.78, 5) is 0. The molecule has 3 rings (SSSR count). The van der Waals surface area contributed by atoms with Gasteiger partial charge in [-0.05, 0) is 12.5 Å². The number of rotatable bonds is 1. The molecule has 76 valence electrons. The number of nitrogens with zero attached hydrogens (tertiary/aromatic N) is 2. The zero-order valence-corrected chi connectivity index (χ0v) is 8.20. The molecule has 0 spiro atoms. The molecule has 1 aromatic heterocycles. The van der Waals surface area contributed by atoms with Crippen molar-refractivity contribution in [3.05, 3.63) is 17.5 Å². The number of ether oxygens (including phenoxy) is 1. The van der Waals surface area contributed by atoms with Crippen molar-refractivity contribution in [3.63, 3.8) is 0 Å². The van der Waals surface area contributed by atoms with Crippen LogP contribution in [-0.2, 0) is 17.8 Å². The second kappa shape index (κ2) is 3.37. The van der Waals surface area contributed by atoms with Gasteiger partial charge in [0.25, 0.3) is 0 Å². The van der Waals surface area contributed by atoms with E-state index in [2.05, 4.69) is 21.2 Å². The number of hydrogen-bond donors (Lipinski definition) is 1. The first-order valence-corrected chi connectivity index (χ1v) is 5.28. The Morgan fingerprint density at radius 2 is 2.57 bits per heavy atom. The van der Waals surface area contributed by atoms with E-state index < -0.39 is 0 Å². The van der Waals surface area contributed by atoms with Crippen molar-refractivity contribution >= 4 is 0 Å². The highest BCUT2D eigenvalue weighted by Gasteiger charge is 2.22. The Balaban J connectivity index is 1.87. The normalized spacial score (nSPS) is 26.4. The summed E-state index contributed by atoms with van der Waals surface area (Å²) >= 11 is 0. The highest BCUT2D eigenvalue weighted by molar-refractivity contribution is 5.16. The van der Waals surface area contributed by atoms with E-state index in [1.54, 1.807) is 0 Å². The predicted molar refractivity (Wildman–Crippen MR) is 52.1 cm³/mol. The van der Waals surface area contributed by atoms with E-state index in [-0.39, 0.29) is 0 Å². The Kier molecular flexibility index (Phi) is 2.03. The summed E-state index contributed by atoms with van der Waals surface area (Å²) in [6, 6.07) is 2.23. The van der Waals surface area contributed by atoms with E-state index in [1.807, 2.05) is 0 Å². The third-order valence-electron chi connectivity index (χ3n) is 3.04. The van der Waals surface area contributed by atoms with E-state index in [0.29, 0.717) is 5.92 Å². The minimum atomic E-state index is 0.535. The molecule has 0 saturated carbocycles. The van der Waals surface area contributed by atoms with Gasteiger partial charge >= 0.3 is 0 Å². The number of hydrogen-bond acceptors (Lipinski definition) is 3. The summed E-state index contributed by atoms with van der Waals surface area (Å²) in [7, 11) is 0. The molecule has 0 radical (unpaired) electrons. The molecule has 4 heteroatoms. The average molecular weight is 193 g/mol. The van der Waals surface area contributed by atoms with Crippen LogP contribution in [0.5, 0.6) is 0 Å². The highest BCUT2D eigenvalue weighted by atomic mass is 16.5. The Bertz CT molecular complexity index is 305. The zero-order valence-electron chi connectivity index (χ0n) is 8.20. The van der Waals surface area contributed by atoms with Gasteiger partial charge in [0.2, 0.25) is 0 Å². The number of fused-ring (bicyclic) bond motifs is 1. The Hall–Kier alpha value is -0.870. The first-order chi connectivity index (χ1) is 6.93. The molecule has 0 aromatic carbocycles. The Morgan fingerprint density at radius 3 is 3.36 bits per heavy atom. The second-order valence-electron chi connectivity index (χ2n) is 4.02. The molecular formula is C10H15N3O. The molecule has 0 amide bonds. The monoisotopic (exact) mass is 193 g/mol. The van der Waals surface area contributed by atoms with Crippen LogP contribution in [-0.4, -0.2) is 29.5 Å². The second-order valence-corrected chi connectivity index (χ2v) is 4.02. The molecule has 3 heterocycles. The van der Waals surface area contributed by atoms with Gasteiger partial charge in [0.15, 0.2) is 0 Å². The third kappa shape index (κ3) is 1.35. The van der Waals surface area contributed by atoms with Gasteiger partial charge < -0.3 is 10.1 Å². The van der Waals surface area contributed by atoms with Crippen molar-refractivity contribution in [3.8, 4) is 0 Å².